The third kappa shape index (κ3) is 4.88. The molecule has 1 heterocycles. The van der Waals surface area contributed by atoms with Crippen LogP contribution < -0.4 is 25.0 Å². The Hall–Kier alpha value is -2.89. The lowest BCUT2D eigenvalue weighted by Gasteiger charge is -2.29. The number of hydrogen-bond acceptors (Lipinski definition) is 5. The molecule has 0 bridgehead atoms. The molecule has 0 aliphatic carbocycles. The number of amides is 1. The third-order valence-electron chi connectivity index (χ3n) is 5.03. The minimum absolute atomic E-state index is 0.147. The molecule has 0 unspecified atom stereocenters. The predicted octanol–water partition coefficient (Wildman–Crippen LogP) is 4.13. The molecule has 1 atom stereocenters. The molecule has 6 nitrogen and oxygen atoms in total. The fourth-order valence-corrected chi connectivity index (χ4v) is 3.39. The summed E-state index contributed by atoms with van der Waals surface area (Å²) in [5.41, 5.74) is 2.74. The maximum Gasteiger partial charge on any atom is 0.246 e. The molecule has 1 amide bonds. The van der Waals surface area contributed by atoms with E-state index < -0.39 is 6.04 Å². The van der Waals surface area contributed by atoms with Gasteiger partial charge in [0, 0.05) is 30.5 Å². The molecular formula is C22H29N3O3. The highest BCUT2D eigenvalue weighted by Gasteiger charge is 2.16. The summed E-state index contributed by atoms with van der Waals surface area (Å²) in [7, 11) is 3.16. The normalized spacial score (nSPS) is 14.9. The molecule has 0 saturated carbocycles. The van der Waals surface area contributed by atoms with E-state index in [0.29, 0.717) is 17.2 Å². The third-order valence-corrected chi connectivity index (χ3v) is 5.03. The van der Waals surface area contributed by atoms with Crippen molar-refractivity contribution in [2.75, 3.05) is 42.8 Å². The zero-order chi connectivity index (χ0) is 19.9. The lowest BCUT2D eigenvalue weighted by atomic mass is 10.1. The molecule has 3 rings (SSSR count). The highest BCUT2D eigenvalue weighted by atomic mass is 16.5. The molecule has 0 spiro atoms. The predicted molar refractivity (Wildman–Crippen MR) is 114 cm³/mol. The van der Waals surface area contributed by atoms with Gasteiger partial charge in [-0.05, 0) is 62.6 Å². The Bertz CT molecular complexity index is 786. The van der Waals surface area contributed by atoms with Crippen molar-refractivity contribution >= 4 is 23.0 Å². The molecule has 0 aromatic heterocycles. The Morgan fingerprint density at radius 3 is 2.36 bits per heavy atom. The van der Waals surface area contributed by atoms with Crippen molar-refractivity contribution in [1.29, 1.82) is 0 Å². The largest absolute Gasteiger partial charge is 0.497 e. The molecule has 28 heavy (non-hydrogen) atoms. The number of benzene rings is 2. The van der Waals surface area contributed by atoms with Crippen LogP contribution in [0.15, 0.2) is 42.5 Å². The summed E-state index contributed by atoms with van der Waals surface area (Å²) in [4.78, 5) is 15.0. The number of methoxy groups -OCH3 is 2. The van der Waals surface area contributed by atoms with Crippen molar-refractivity contribution in [2.24, 2.45) is 0 Å². The van der Waals surface area contributed by atoms with Gasteiger partial charge in [0.1, 0.15) is 17.5 Å². The molecule has 2 aromatic rings. The SMILES string of the molecule is COc1ccc(OC)c(NC(=O)[C@@H](C)Nc2ccc(N3CCCCC3)cc2)c1. The molecule has 0 radical (unpaired) electrons. The molecule has 2 N–H and O–H groups in total. The van der Waals surface area contributed by atoms with Gasteiger partial charge >= 0.3 is 0 Å². The van der Waals surface area contributed by atoms with E-state index in [0.717, 1.165) is 18.8 Å². The highest BCUT2D eigenvalue weighted by Crippen LogP contribution is 2.29. The fourth-order valence-electron chi connectivity index (χ4n) is 3.39. The number of ether oxygens (including phenoxy) is 2. The Labute approximate surface area is 166 Å². The number of nitrogens with one attached hydrogen (secondary N) is 2. The first-order valence-corrected chi connectivity index (χ1v) is 9.75. The summed E-state index contributed by atoms with van der Waals surface area (Å²) >= 11 is 0. The second kappa shape index (κ2) is 9.35. The van der Waals surface area contributed by atoms with E-state index in [1.807, 2.05) is 19.1 Å². The second-order valence-corrected chi connectivity index (χ2v) is 7.02. The molecule has 6 heteroatoms. The number of hydrogen-bond donors (Lipinski definition) is 2. The molecule has 150 valence electrons. The van der Waals surface area contributed by atoms with Crippen LogP contribution in [-0.2, 0) is 4.79 Å². The molecule has 1 aliphatic rings. The van der Waals surface area contributed by atoms with Crippen LogP contribution in [-0.4, -0.2) is 39.3 Å². The molecule has 1 saturated heterocycles. The molecular weight excluding hydrogens is 354 g/mol. The summed E-state index contributed by atoms with van der Waals surface area (Å²) in [5, 5.41) is 6.16. The van der Waals surface area contributed by atoms with Gasteiger partial charge in [-0.15, -0.1) is 0 Å². The van der Waals surface area contributed by atoms with Gasteiger partial charge < -0.3 is 25.0 Å². The summed E-state index contributed by atoms with van der Waals surface area (Å²) in [6.07, 6.45) is 3.83. The van der Waals surface area contributed by atoms with E-state index in [1.165, 1.54) is 24.9 Å². The zero-order valence-corrected chi connectivity index (χ0v) is 16.8. The second-order valence-electron chi connectivity index (χ2n) is 7.02. The van der Waals surface area contributed by atoms with Crippen LogP contribution in [0.5, 0.6) is 11.5 Å². The Balaban J connectivity index is 1.61. The maximum absolute atomic E-state index is 12.6. The Kier molecular flexibility index (Phi) is 6.63. The molecule has 2 aromatic carbocycles. The lowest BCUT2D eigenvalue weighted by molar-refractivity contribution is -0.116. The minimum Gasteiger partial charge on any atom is -0.497 e. The highest BCUT2D eigenvalue weighted by molar-refractivity contribution is 5.97. The first-order valence-electron chi connectivity index (χ1n) is 9.75. The van der Waals surface area contributed by atoms with Gasteiger partial charge in [0.25, 0.3) is 0 Å². The van der Waals surface area contributed by atoms with Crippen LogP contribution in [0, 0.1) is 0 Å². The van der Waals surface area contributed by atoms with Crippen molar-refractivity contribution in [1.82, 2.24) is 0 Å². The van der Waals surface area contributed by atoms with Crippen molar-refractivity contribution < 1.29 is 14.3 Å². The van der Waals surface area contributed by atoms with Crippen LogP contribution in [0.2, 0.25) is 0 Å². The average Bonchev–Trinajstić information content (AvgIpc) is 2.74. The van der Waals surface area contributed by atoms with Crippen LogP contribution in [0.1, 0.15) is 26.2 Å². The van der Waals surface area contributed by atoms with E-state index >= 15 is 0 Å². The van der Waals surface area contributed by atoms with Gasteiger partial charge in [-0.1, -0.05) is 0 Å². The van der Waals surface area contributed by atoms with E-state index in [2.05, 4.69) is 27.7 Å². The number of nitrogens with zero attached hydrogens (tertiary/aromatic N) is 1. The fraction of sp³-hybridized carbons (Fsp3) is 0.409. The van der Waals surface area contributed by atoms with Crippen molar-refractivity contribution in [3.8, 4) is 11.5 Å². The molecule has 1 aliphatic heterocycles. The standard InChI is InChI=1S/C22H29N3O3/c1-16(22(26)24-20-15-19(27-2)11-12-21(20)28-3)23-17-7-9-18(10-8-17)25-13-5-4-6-14-25/h7-12,15-16,23H,4-6,13-14H2,1-3H3,(H,24,26)/t16-/m1/s1. The lowest BCUT2D eigenvalue weighted by Crippen LogP contribution is -2.32. The number of piperidine rings is 1. The van der Waals surface area contributed by atoms with Gasteiger partial charge in [0.2, 0.25) is 5.91 Å². The van der Waals surface area contributed by atoms with Gasteiger partial charge in [-0.3, -0.25) is 4.79 Å². The van der Waals surface area contributed by atoms with E-state index in [-0.39, 0.29) is 5.91 Å². The van der Waals surface area contributed by atoms with Crippen LogP contribution in [0.4, 0.5) is 17.1 Å². The van der Waals surface area contributed by atoms with E-state index in [4.69, 9.17) is 9.47 Å². The van der Waals surface area contributed by atoms with Gasteiger partial charge in [-0.2, -0.15) is 0 Å². The van der Waals surface area contributed by atoms with Crippen LogP contribution in [0.25, 0.3) is 0 Å². The van der Waals surface area contributed by atoms with Crippen LogP contribution in [0.3, 0.4) is 0 Å². The van der Waals surface area contributed by atoms with E-state index in [9.17, 15) is 4.79 Å². The van der Waals surface area contributed by atoms with Crippen LogP contribution >= 0.6 is 0 Å². The molecule has 1 fully saturated rings. The topological polar surface area (TPSA) is 62.8 Å². The summed E-state index contributed by atoms with van der Waals surface area (Å²) in [6.45, 7) is 4.07. The number of carbonyl (C=O) groups is 1. The maximum atomic E-state index is 12.6. The summed E-state index contributed by atoms with van der Waals surface area (Å²) in [6, 6.07) is 13.2. The number of anilines is 3. The first kappa shape index (κ1) is 19.9. The summed E-state index contributed by atoms with van der Waals surface area (Å²) in [5.74, 6) is 1.10. The Morgan fingerprint density at radius 2 is 1.71 bits per heavy atom. The minimum atomic E-state index is -0.406. The average molecular weight is 383 g/mol. The number of carbonyl (C=O) groups excluding carboxylic acids is 1. The zero-order valence-electron chi connectivity index (χ0n) is 16.8. The van der Waals surface area contributed by atoms with E-state index in [1.54, 1.807) is 32.4 Å². The quantitative estimate of drug-likeness (QED) is 0.753. The van der Waals surface area contributed by atoms with Crippen molar-refractivity contribution in [3.63, 3.8) is 0 Å². The smallest absolute Gasteiger partial charge is 0.246 e. The van der Waals surface area contributed by atoms with Crippen molar-refractivity contribution in [2.45, 2.75) is 32.2 Å². The van der Waals surface area contributed by atoms with Gasteiger partial charge in [0.15, 0.2) is 0 Å². The monoisotopic (exact) mass is 383 g/mol. The van der Waals surface area contributed by atoms with Gasteiger partial charge in [-0.25, -0.2) is 0 Å². The Morgan fingerprint density at radius 1 is 1.00 bits per heavy atom. The summed E-state index contributed by atoms with van der Waals surface area (Å²) < 4.78 is 10.5. The number of rotatable bonds is 7. The van der Waals surface area contributed by atoms with Crippen molar-refractivity contribution in [3.05, 3.63) is 42.5 Å². The first-order chi connectivity index (χ1) is 13.6. The van der Waals surface area contributed by atoms with Gasteiger partial charge in [0.05, 0.1) is 19.9 Å².